The second-order valence-corrected chi connectivity index (χ2v) is 5.74. The number of aliphatic hydroxyl groups excluding tert-OH is 1. The summed E-state index contributed by atoms with van der Waals surface area (Å²) in [5.41, 5.74) is 0.312. The van der Waals surface area contributed by atoms with Crippen molar-refractivity contribution in [3.05, 3.63) is 59.1 Å². The molecule has 19 heavy (non-hydrogen) atoms. The van der Waals surface area contributed by atoms with Gasteiger partial charge >= 0.3 is 10.1 Å². The van der Waals surface area contributed by atoms with Crippen LogP contribution in [-0.2, 0) is 16.7 Å². The van der Waals surface area contributed by atoms with Gasteiger partial charge in [0, 0.05) is 10.6 Å². The predicted octanol–water partition coefficient (Wildman–Crippen LogP) is 2.60. The first-order chi connectivity index (χ1) is 9.03. The Kier molecular flexibility index (Phi) is 4.09. The lowest BCUT2D eigenvalue weighted by atomic mass is 10.2. The zero-order valence-electron chi connectivity index (χ0n) is 9.78. The van der Waals surface area contributed by atoms with Gasteiger partial charge in [0.1, 0.15) is 10.6 Å². The lowest BCUT2D eigenvalue weighted by molar-refractivity contribution is 0.278. The molecule has 0 spiro atoms. The van der Waals surface area contributed by atoms with Gasteiger partial charge in [0.2, 0.25) is 0 Å². The van der Waals surface area contributed by atoms with Crippen molar-refractivity contribution >= 4 is 21.7 Å². The minimum Gasteiger partial charge on any atom is -0.392 e. The van der Waals surface area contributed by atoms with Crippen LogP contribution >= 0.6 is 11.6 Å². The quantitative estimate of drug-likeness (QED) is 0.881. The van der Waals surface area contributed by atoms with Crippen molar-refractivity contribution in [3.63, 3.8) is 0 Å². The smallest absolute Gasteiger partial charge is 0.339 e. The second kappa shape index (κ2) is 5.61. The molecule has 1 N–H and O–H groups in total. The molecule has 2 rings (SSSR count). The molecule has 0 aliphatic rings. The zero-order valence-corrected chi connectivity index (χ0v) is 11.4. The zero-order chi connectivity index (χ0) is 13.9. The predicted molar refractivity (Wildman–Crippen MR) is 71.6 cm³/mol. The van der Waals surface area contributed by atoms with Crippen LogP contribution in [0.25, 0.3) is 0 Å². The SMILES string of the molecule is O=S(=O)(Oc1ccc(Cl)cc1CO)c1ccccc1. The fraction of sp³-hybridized carbons (Fsp3) is 0.0769. The van der Waals surface area contributed by atoms with Gasteiger partial charge in [-0.1, -0.05) is 29.8 Å². The van der Waals surface area contributed by atoms with Crippen LogP contribution in [0, 0.1) is 0 Å². The van der Waals surface area contributed by atoms with E-state index in [1.165, 1.54) is 30.3 Å². The number of hydrogen-bond acceptors (Lipinski definition) is 4. The molecule has 6 heteroatoms. The van der Waals surface area contributed by atoms with Gasteiger partial charge in [-0.2, -0.15) is 8.42 Å². The molecule has 2 aromatic rings. The van der Waals surface area contributed by atoms with E-state index in [1.54, 1.807) is 18.2 Å². The van der Waals surface area contributed by atoms with E-state index >= 15 is 0 Å². The first kappa shape index (κ1) is 13.9. The van der Waals surface area contributed by atoms with E-state index in [0.717, 1.165) is 0 Å². The Morgan fingerprint density at radius 3 is 2.42 bits per heavy atom. The first-order valence-electron chi connectivity index (χ1n) is 5.42. The van der Waals surface area contributed by atoms with E-state index in [1.807, 2.05) is 0 Å². The van der Waals surface area contributed by atoms with Crippen molar-refractivity contribution in [1.29, 1.82) is 0 Å². The average Bonchev–Trinajstić information content (AvgIpc) is 2.41. The van der Waals surface area contributed by atoms with Crippen molar-refractivity contribution in [2.24, 2.45) is 0 Å². The summed E-state index contributed by atoms with van der Waals surface area (Å²) in [4.78, 5) is 0.0499. The number of aliphatic hydroxyl groups is 1. The van der Waals surface area contributed by atoms with Gasteiger partial charge in [0.25, 0.3) is 0 Å². The van der Waals surface area contributed by atoms with Crippen molar-refractivity contribution in [3.8, 4) is 5.75 Å². The highest BCUT2D eigenvalue weighted by atomic mass is 35.5. The summed E-state index contributed by atoms with van der Waals surface area (Å²) in [5.74, 6) is 0.0655. The van der Waals surface area contributed by atoms with Crippen LogP contribution in [0.1, 0.15) is 5.56 Å². The van der Waals surface area contributed by atoms with Crippen LogP contribution in [0.2, 0.25) is 5.02 Å². The van der Waals surface area contributed by atoms with Crippen LogP contribution in [0.15, 0.2) is 53.4 Å². The highest BCUT2D eigenvalue weighted by Crippen LogP contribution is 2.26. The molecular weight excluding hydrogens is 288 g/mol. The Bertz CT molecular complexity index is 668. The van der Waals surface area contributed by atoms with E-state index < -0.39 is 10.1 Å². The molecule has 0 aliphatic carbocycles. The van der Waals surface area contributed by atoms with E-state index in [2.05, 4.69) is 0 Å². The molecule has 0 amide bonds. The molecule has 0 fully saturated rings. The van der Waals surface area contributed by atoms with Gasteiger partial charge < -0.3 is 9.29 Å². The summed E-state index contributed by atoms with van der Waals surface area (Å²) in [6, 6.07) is 12.1. The van der Waals surface area contributed by atoms with E-state index in [-0.39, 0.29) is 17.3 Å². The van der Waals surface area contributed by atoms with Crippen molar-refractivity contribution in [2.75, 3.05) is 0 Å². The van der Waals surface area contributed by atoms with Gasteiger partial charge in [-0.15, -0.1) is 0 Å². The van der Waals surface area contributed by atoms with Gasteiger partial charge in [-0.25, -0.2) is 0 Å². The lowest BCUT2D eigenvalue weighted by Crippen LogP contribution is -2.10. The fourth-order valence-electron chi connectivity index (χ4n) is 1.51. The number of halogens is 1. The molecule has 0 saturated heterocycles. The Labute approximate surface area is 116 Å². The maximum Gasteiger partial charge on any atom is 0.339 e. The third-order valence-electron chi connectivity index (χ3n) is 2.42. The molecule has 2 aromatic carbocycles. The molecule has 0 atom stereocenters. The highest BCUT2D eigenvalue weighted by Gasteiger charge is 2.18. The van der Waals surface area contributed by atoms with Crippen LogP contribution in [0.4, 0.5) is 0 Å². The van der Waals surface area contributed by atoms with Crippen molar-refractivity contribution in [2.45, 2.75) is 11.5 Å². The molecule has 0 saturated carbocycles. The number of rotatable bonds is 4. The van der Waals surface area contributed by atoms with Gasteiger partial charge in [0.05, 0.1) is 6.61 Å². The Morgan fingerprint density at radius 1 is 1.11 bits per heavy atom. The van der Waals surface area contributed by atoms with Crippen molar-refractivity contribution in [1.82, 2.24) is 0 Å². The van der Waals surface area contributed by atoms with Crippen LogP contribution in [0.5, 0.6) is 5.75 Å². The fourth-order valence-corrected chi connectivity index (χ4v) is 2.69. The minimum absolute atomic E-state index is 0.0499. The largest absolute Gasteiger partial charge is 0.392 e. The van der Waals surface area contributed by atoms with Crippen molar-refractivity contribution < 1.29 is 17.7 Å². The molecular formula is C13H11ClO4S. The third-order valence-corrected chi connectivity index (χ3v) is 3.91. The van der Waals surface area contributed by atoms with E-state index in [0.29, 0.717) is 10.6 Å². The van der Waals surface area contributed by atoms with Crippen LogP contribution in [0.3, 0.4) is 0 Å². The summed E-state index contributed by atoms with van der Waals surface area (Å²) in [6.45, 7) is -0.361. The Balaban J connectivity index is 2.36. The molecule has 4 nitrogen and oxygen atoms in total. The molecule has 0 heterocycles. The summed E-state index contributed by atoms with van der Waals surface area (Å²) in [5, 5.41) is 9.57. The maximum absolute atomic E-state index is 12.0. The summed E-state index contributed by atoms with van der Waals surface area (Å²) in [6.07, 6.45) is 0. The molecule has 0 aliphatic heterocycles. The third kappa shape index (κ3) is 3.26. The Morgan fingerprint density at radius 2 is 1.79 bits per heavy atom. The van der Waals surface area contributed by atoms with Gasteiger partial charge in [-0.3, -0.25) is 0 Å². The molecule has 0 bridgehead atoms. The lowest BCUT2D eigenvalue weighted by Gasteiger charge is -2.10. The molecule has 0 aromatic heterocycles. The topological polar surface area (TPSA) is 63.6 Å². The summed E-state index contributed by atoms with van der Waals surface area (Å²) in [7, 11) is -3.91. The highest BCUT2D eigenvalue weighted by molar-refractivity contribution is 7.87. The maximum atomic E-state index is 12.0. The van der Waals surface area contributed by atoms with Gasteiger partial charge in [0.15, 0.2) is 0 Å². The standard InChI is InChI=1S/C13H11ClO4S/c14-11-6-7-13(10(8-11)9-15)18-19(16,17)12-4-2-1-3-5-12/h1-8,15H,9H2. The molecule has 0 radical (unpaired) electrons. The number of hydrogen-bond donors (Lipinski definition) is 1. The van der Waals surface area contributed by atoms with Crippen LogP contribution in [-0.4, -0.2) is 13.5 Å². The summed E-state index contributed by atoms with van der Waals surface area (Å²) < 4.78 is 29.1. The first-order valence-corrected chi connectivity index (χ1v) is 7.20. The summed E-state index contributed by atoms with van der Waals surface area (Å²) >= 11 is 5.77. The monoisotopic (exact) mass is 298 g/mol. The average molecular weight is 299 g/mol. The van der Waals surface area contributed by atoms with Crippen LogP contribution < -0.4 is 4.18 Å². The number of benzene rings is 2. The van der Waals surface area contributed by atoms with E-state index in [4.69, 9.17) is 15.8 Å². The molecule has 100 valence electrons. The van der Waals surface area contributed by atoms with Gasteiger partial charge in [-0.05, 0) is 30.3 Å². The molecule has 0 unspecified atom stereocenters. The normalized spacial score (nSPS) is 11.3. The Hall–Kier alpha value is -1.56. The minimum atomic E-state index is -3.91. The van der Waals surface area contributed by atoms with E-state index in [9.17, 15) is 13.5 Å². The second-order valence-electron chi connectivity index (χ2n) is 3.76.